The summed E-state index contributed by atoms with van der Waals surface area (Å²) in [6.07, 6.45) is 1.40. The Bertz CT molecular complexity index is 539. The minimum atomic E-state index is -1.09. The second-order valence-corrected chi connectivity index (χ2v) is 4.73. The molecule has 0 spiro atoms. The smallest absolute Gasteiger partial charge is 0.325 e. The van der Waals surface area contributed by atoms with E-state index in [4.69, 9.17) is 5.11 Å². The van der Waals surface area contributed by atoms with Crippen LogP contribution in [0.5, 0.6) is 0 Å². The molecule has 6 nitrogen and oxygen atoms in total. The molecule has 20 heavy (non-hydrogen) atoms. The van der Waals surface area contributed by atoms with E-state index in [0.29, 0.717) is 18.5 Å². The number of anilines is 1. The average Bonchev–Trinajstić information content (AvgIpc) is 2.85. The van der Waals surface area contributed by atoms with E-state index in [1.807, 2.05) is 0 Å². The fraction of sp³-hybridized carbons (Fsp3) is 0.357. The summed E-state index contributed by atoms with van der Waals surface area (Å²) < 4.78 is 0. The summed E-state index contributed by atoms with van der Waals surface area (Å²) in [5.41, 5.74) is 1.13. The highest BCUT2D eigenvalue weighted by Gasteiger charge is 2.22. The molecule has 0 bridgehead atoms. The summed E-state index contributed by atoms with van der Waals surface area (Å²) in [4.78, 5) is 35.8. The first-order valence-electron chi connectivity index (χ1n) is 6.43. The number of carboxylic acid groups (broad SMARTS) is 1. The van der Waals surface area contributed by atoms with Crippen LogP contribution in [0, 0.1) is 0 Å². The van der Waals surface area contributed by atoms with Crippen molar-refractivity contribution in [3.05, 3.63) is 29.8 Å². The quantitative estimate of drug-likeness (QED) is 0.859. The van der Waals surface area contributed by atoms with Crippen LogP contribution in [-0.4, -0.2) is 35.5 Å². The molecule has 2 N–H and O–H groups in total. The van der Waals surface area contributed by atoms with Crippen molar-refractivity contribution < 1.29 is 19.5 Å². The number of nitrogens with zero attached hydrogens (tertiary/aromatic N) is 1. The van der Waals surface area contributed by atoms with Gasteiger partial charge in [0.2, 0.25) is 5.91 Å². The fourth-order valence-corrected chi connectivity index (χ4v) is 2.06. The minimum Gasteiger partial charge on any atom is -0.480 e. The number of benzene rings is 1. The van der Waals surface area contributed by atoms with E-state index < -0.39 is 17.9 Å². The lowest BCUT2D eigenvalue weighted by Gasteiger charge is -2.16. The van der Waals surface area contributed by atoms with Crippen LogP contribution in [0.25, 0.3) is 0 Å². The van der Waals surface area contributed by atoms with Crippen LogP contribution in [0.1, 0.15) is 30.1 Å². The molecule has 1 fully saturated rings. The first kappa shape index (κ1) is 14.0. The third-order valence-corrected chi connectivity index (χ3v) is 3.23. The number of rotatable bonds is 4. The van der Waals surface area contributed by atoms with Gasteiger partial charge in [-0.2, -0.15) is 0 Å². The minimum absolute atomic E-state index is 0.0849. The molecule has 6 heteroatoms. The lowest BCUT2D eigenvalue weighted by molar-refractivity contribution is -0.138. The van der Waals surface area contributed by atoms with Crippen molar-refractivity contribution in [3.63, 3.8) is 0 Å². The van der Waals surface area contributed by atoms with E-state index in [1.165, 1.54) is 6.92 Å². The van der Waals surface area contributed by atoms with Gasteiger partial charge in [0.25, 0.3) is 5.91 Å². The maximum Gasteiger partial charge on any atom is 0.325 e. The second-order valence-electron chi connectivity index (χ2n) is 4.73. The van der Waals surface area contributed by atoms with Crippen molar-refractivity contribution in [1.82, 2.24) is 5.32 Å². The van der Waals surface area contributed by atoms with Crippen molar-refractivity contribution >= 4 is 23.5 Å². The molecule has 2 amide bonds. The van der Waals surface area contributed by atoms with E-state index in [9.17, 15) is 14.4 Å². The predicted octanol–water partition coefficient (Wildman–Crippen LogP) is 1.02. The number of hydrogen-bond donors (Lipinski definition) is 2. The molecular formula is C14H16N2O4. The van der Waals surface area contributed by atoms with Crippen molar-refractivity contribution in [1.29, 1.82) is 0 Å². The van der Waals surface area contributed by atoms with Crippen molar-refractivity contribution in [3.8, 4) is 0 Å². The van der Waals surface area contributed by atoms with Crippen LogP contribution < -0.4 is 10.2 Å². The Kier molecular flexibility index (Phi) is 4.02. The molecule has 0 saturated carbocycles. The molecule has 1 aliphatic rings. The van der Waals surface area contributed by atoms with Gasteiger partial charge < -0.3 is 15.3 Å². The van der Waals surface area contributed by atoms with E-state index in [2.05, 4.69) is 5.32 Å². The lowest BCUT2D eigenvalue weighted by Crippen LogP contribution is -2.38. The van der Waals surface area contributed by atoms with Crippen LogP contribution in [0.15, 0.2) is 24.3 Å². The predicted molar refractivity (Wildman–Crippen MR) is 72.6 cm³/mol. The summed E-state index contributed by atoms with van der Waals surface area (Å²) in [5.74, 6) is -1.45. The Morgan fingerprint density at radius 2 is 1.95 bits per heavy atom. The summed E-state index contributed by atoms with van der Waals surface area (Å²) in [7, 11) is 0. The topological polar surface area (TPSA) is 86.7 Å². The first-order valence-corrected chi connectivity index (χ1v) is 6.43. The lowest BCUT2D eigenvalue weighted by atomic mass is 10.1. The number of amides is 2. The highest BCUT2D eigenvalue weighted by atomic mass is 16.4. The van der Waals surface area contributed by atoms with Gasteiger partial charge in [-0.3, -0.25) is 14.4 Å². The maximum absolute atomic E-state index is 11.8. The van der Waals surface area contributed by atoms with Crippen molar-refractivity contribution in [2.45, 2.75) is 25.8 Å². The molecular weight excluding hydrogens is 260 g/mol. The zero-order valence-corrected chi connectivity index (χ0v) is 11.1. The Labute approximate surface area is 116 Å². The zero-order valence-electron chi connectivity index (χ0n) is 11.1. The number of carbonyl (C=O) groups is 3. The summed E-state index contributed by atoms with van der Waals surface area (Å²) in [5, 5.41) is 11.1. The van der Waals surface area contributed by atoms with Gasteiger partial charge in [-0.15, -0.1) is 0 Å². The van der Waals surface area contributed by atoms with E-state index >= 15 is 0 Å². The van der Waals surface area contributed by atoms with Gasteiger partial charge in [0, 0.05) is 24.2 Å². The van der Waals surface area contributed by atoms with E-state index in [0.717, 1.165) is 12.1 Å². The molecule has 1 saturated heterocycles. The zero-order chi connectivity index (χ0) is 14.7. The van der Waals surface area contributed by atoms with Crippen LogP contribution in [0.4, 0.5) is 5.69 Å². The molecule has 1 aliphatic heterocycles. The highest BCUT2D eigenvalue weighted by molar-refractivity contribution is 5.98. The monoisotopic (exact) mass is 276 g/mol. The first-order chi connectivity index (χ1) is 9.49. The van der Waals surface area contributed by atoms with Gasteiger partial charge in [0.05, 0.1) is 0 Å². The SMILES string of the molecule is CC(NC(=O)c1ccc(N2CCCC2=O)cc1)C(=O)O. The molecule has 1 aromatic carbocycles. The molecule has 2 rings (SSSR count). The van der Waals surface area contributed by atoms with Crippen LogP contribution in [0.2, 0.25) is 0 Å². The van der Waals surface area contributed by atoms with Gasteiger partial charge in [0.15, 0.2) is 0 Å². The molecule has 0 aromatic heterocycles. The van der Waals surface area contributed by atoms with Crippen LogP contribution in [-0.2, 0) is 9.59 Å². The molecule has 1 atom stereocenters. The molecule has 0 radical (unpaired) electrons. The van der Waals surface area contributed by atoms with Crippen molar-refractivity contribution in [2.75, 3.05) is 11.4 Å². The molecule has 1 heterocycles. The van der Waals surface area contributed by atoms with Gasteiger partial charge in [-0.25, -0.2) is 0 Å². The largest absolute Gasteiger partial charge is 0.480 e. The summed E-state index contributed by atoms with van der Waals surface area (Å²) in [6, 6.07) is 5.63. The highest BCUT2D eigenvalue weighted by Crippen LogP contribution is 2.21. The molecule has 0 aliphatic carbocycles. The van der Waals surface area contributed by atoms with Crippen molar-refractivity contribution in [2.24, 2.45) is 0 Å². The second kappa shape index (κ2) is 5.73. The number of hydrogen-bond acceptors (Lipinski definition) is 3. The summed E-state index contributed by atoms with van der Waals surface area (Å²) >= 11 is 0. The molecule has 1 aromatic rings. The van der Waals surface area contributed by atoms with Crippen LogP contribution in [0.3, 0.4) is 0 Å². The Hall–Kier alpha value is -2.37. The standard InChI is InChI=1S/C14H16N2O4/c1-9(14(19)20)15-13(18)10-4-6-11(7-5-10)16-8-2-3-12(16)17/h4-7,9H,2-3,8H2,1H3,(H,15,18)(H,19,20). The molecule has 1 unspecified atom stereocenters. The Balaban J connectivity index is 2.06. The fourth-order valence-electron chi connectivity index (χ4n) is 2.06. The van der Waals surface area contributed by atoms with Gasteiger partial charge in [-0.1, -0.05) is 0 Å². The third-order valence-electron chi connectivity index (χ3n) is 3.23. The summed E-state index contributed by atoms with van der Waals surface area (Å²) in [6.45, 7) is 2.10. The number of nitrogens with one attached hydrogen (secondary N) is 1. The maximum atomic E-state index is 11.8. The van der Waals surface area contributed by atoms with Gasteiger partial charge in [0.1, 0.15) is 6.04 Å². The van der Waals surface area contributed by atoms with Gasteiger partial charge in [-0.05, 0) is 37.6 Å². The average molecular weight is 276 g/mol. The number of carboxylic acids is 1. The van der Waals surface area contributed by atoms with E-state index in [-0.39, 0.29) is 5.91 Å². The Morgan fingerprint density at radius 1 is 1.30 bits per heavy atom. The Morgan fingerprint density at radius 3 is 2.45 bits per heavy atom. The van der Waals surface area contributed by atoms with E-state index in [1.54, 1.807) is 29.2 Å². The normalized spacial score (nSPS) is 16.1. The van der Waals surface area contributed by atoms with Gasteiger partial charge >= 0.3 is 5.97 Å². The molecule has 106 valence electrons. The van der Waals surface area contributed by atoms with Crippen LogP contribution >= 0.6 is 0 Å². The number of aliphatic carboxylic acids is 1. The third kappa shape index (κ3) is 2.96. The number of carbonyl (C=O) groups excluding carboxylic acids is 2.